The molecule has 2 aromatic rings. The highest BCUT2D eigenvalue weighted by Gasteiger charge is 2.65. The molecule has 2 unspecified atom stereocenters. The molecule has 0 aliphatic carbocycles. The number of nitrogens with zero attached hydrogens (tertiary/aromatic N) is 1. The van der Waals surface area contributed by atoms with Crippen molar-refractivity contribution >= 4 is 45.1 Å². The molecule has 1 aromatic heterocycles. The number of ketones is 1. The molecule has 1 fully saturated rings. The first-order valence-corrected chi connectivity index (χ1v) is 11.4. The van der Waals surface area contributed by atoms with Crippen molar-refractivity contribution in [2.45, 2.75) is 30.5 Å². The van der Waals surface area contributed by atoms with Crippen molar-refractivity contribution in [2.75, 3.05) is 11.5 Å². The van der Waals surface area contributed by atoms with Gasteiger partial charge in [-0.05, 0) is 25.0 Å². The summed E-state index contributed by atoms with van der Waals surface area (Å²) < 4.78 is 44.8. The van der Waals surface area contributed by atoms with Gasteiger partial charge in [0.2, 0.25) is 0 Å². The SMILES string of the molecule is Cc1ccccc1CC(=O)C1SC=C2OCOC21S(=O)(=O)Nc1onc(C)c1Cl. The van der Waals surface area contributed by atoms with Crippen molar-refractivity contribution in [1.29, 1.82) is 0 Å². The fourth-order valence-electron chi connectivity index (χ4n) is 3.24. The lowest BCUT2D eigenvalue weighted by molar-refractivity contribution is -0.120. The number of hydrogen-bond donors (Lipinski definition) is 1. The fourth-order valence-corrected chi connectivity index (χ4v) is 6.67. The molecule has 4 rings (SSSR count). The predicted molar refractivity (Wildman–Crippen MR) is 108 cm³/mol. The highest BCUT2D eigenvalue weighted by molar-refractivity contribution is 8.05. The Morgan fingerprint density at radius 3 is 2.83 bits per heavy atom. The van der Waals surface area contributed by atoms with Crippen molar-refractivity contribution in [3.63, 3.8) is 0 Å². The summed E-state index contributed by atoms with van der Waals surface area (Å²) in [4.78, 5) is 11.1. The van der Waals surface area contributed by atoms with Crippen LogP contribution >= 0.6 is 23.4 Å². The van der Waals surface area contributed by atoms with E-state index in [0.717, 1.165) is 22.9 Å². The van der Waals surface area contributed by atoms with Crippen LogP contribution in [0.15, 0.2) is 40.0 Å². The topological polar surface area (TPSA) is 108 Å². The number of carbonyl (C=O) groups excluding carboxylic acids is 1. The Bertz CT molecular complexity index is 1110. The lowest BCUT2D eigenvalue weighted by atomic mass is 10.00. The highest BCUT2D eigenvalue weighted by atomic mass is 35.5. The smallest absolute Gasteiger partial charge is 0.274 e. The van der Waals surface area contributed by atoms with Crippen LogP contribution in [-0.4, -0.2) is 36.3 Å². The van der Waals surface area contributed by atoms with E-state index in [1.54, 1.807) is 6.92 Å². The number of Topliss-reactive ketones (excluding diaryl/α,β-unsaturated/α-hetero) is 1. The summed E-state index contributed by atoms with van der Waals surface area (Å²) in [5.74, 6) is -0.479. The summed E-state index contributed by atoms with van der Waals surface area (Å²) in [7, 11) is -4.34. The molecule has 1 N–H and O–H groups in total. The van der Waals surface area contributed by atoms with Crippen LogP contribution in [-0.2, 0) is 30.7 Å². The molecule has 29 heavy (non-hydrogen) atoms. The van der Waals surface area contributed by atoms with Gasteiger partial charge in [-0.15, -0.1) is 11.8 Å². The van der Waals surface area contributed by atoms with E-state index < -0.39 is 20.2 Å². The van der Waals surface area contributed by atoms with E-state index in [9.17, 15) is 13.2 Å². The Labute approximate surface area is 176 Å². The fraction of sp³-hybridized carbons (Fsp3) is 0.333. The largest absolute Gasteiger partial charge is 0.467 e. The number of sulfonamides is 1. The van der Waals surface area contributed by atoms with Crippen LogP contribution in [0.4, 0.5) is 5.88 Å². The van der Waals surface area contributed by atoms with Crippen molar-refractivity contribution in [3.8, 4) is 0 Å². The second kappa shape index (κ2) is 7.35. The van der Waals surface area contributed by atoms with Gasteiger partial charge in [0.05, 0.1) is 0 Å². The van der Waals surface area contributed by atoms with Gasteiger partial charge in [0, 0.05) is 11.8 Å². The Kier molecular flexibility index (Phi) is 5.14. The van der Waals surface area contributed by atoms with Crippen LogP contribution in [0.3, 0.4) is 0 Å². The van der Waals surface area contributed by atoms with Gasteiger partial charge in [-0.2, -0.15) is 0 Å². The third-order valence-corrected chi connectivity index (χ3v) is 8.44. The molecule has 3 heterocycles. The zero-order valence-corrected chi connectivity index (χ0v) is 17.9. The molecule has 154 valence electrons. The molecule has 1 saturated heterocycles. The first-order chi connectivity index (χ1) is 13.8. The molecular weight excluding hydrogens is 440 g/mol. The normalized spacial score (nSPS) is 23.4. The number of anilines is 1. The lowest BCUT2D eigenvalue weighted by Gasteiger charge is -2.28. The summed E-state index contributed by atoms with van der Waals surface area (Å²) in [5, 5.41) is 4.11. The quantitative estimate of drug-likeness (QED) is 0.706. The number of rotatable bonds is 6. The molecule has 0 bridgehead atoms. The highest BCUT2D eigenvalue weighted by Crippen LogP contribution is 2.50. The van der Waals surface area contributed by atoms with Crippen LogP contribution in [0.25, 0.3) is 0 Å². The number of nitrogens with one attached hydrogen (secondary N) is 1. The molecular formula is C18H17ClN2O6S2. The molecule has 0 radical (unpaired) electrons. The molecule has 11 heteroatoms. The Morgan fingerprint density at radius 1 is 1.38 bits per heavy atom. The maximum atomic E-state index is 13.3. The predicted octanol–water partition coefficient (Wildman–Crippen LogP) is 3.16. The Morgan fingerprint density at radius 2 is 2.14 bits per heavy atom. The molecule has 0 amide bonds. The number of thioether (sulfide) groups is 1. The summed E-state index contributed by atoms with van der Waals surface area (Å²) in [6.07, 6.45) is 0.0638. The maximum absolute atomic E-state index is 13.3. The third kappa shape index (κ3) is 3.24. The van der Waals surface area contributed by atoms with Crippen molar-refractivity contribution in [1.82, 2.24) is 5.16 Å². The van der Waals surface area contributed by atoms with E-state index in [1.807, 2.05) is 31.2 Å². The number of benzene rings is 1. The maximum Gasteiger partial charge on any atom is 0.274 e. The summed E-state index contributed by atoms with van der Waals surface area (Å²) in [6, 6.07) is 7.44. The van der Waals surface area contributed by atoms with E-state index in [1.165, 1.54) is 5.41 Å². The van der Waals surface area contributed by atoms with E-state index in [-0.39, 0.29) is 35.7 Å². The summed E-state index contributed by atoms with van der Waals surface area (Å²) in [6.45, 7) is 3.18. The first kappa shape index (κ1) is 20.3. The number of aromatic nitrogens is 1. The van der Waals surface area contributed by atoms with E-state index in [0.29, 0.717) is 5.69 Å². The molecule has 0 saturated carbocycles. The van der Waals surface area contributed by atoms with Gasteiger partial charge in [-0.1, -0.05) is 41.0 Å². The number of hydrogen-bond acceptors (Lipinski definition) is 8. The van der Waals surface area contributed by atoms with Gasteiger partial charge in [-0.3, -0.25) is 4.79 Å². The van der Waals surface area contributed by atoms with Gasteiger partial charge in [0.15, 0.2) is 18.3 Å². The minimum atomic E-state index is -4.34. The third-order valence-electron chi connectivity index (χ3n) is 4.82. The zero-order chi connectivity index (χ0) is 20.8. The van der Waals surface area contributed by atoms with Gasteiger partial charge < -0.3 is 14.0 Å². The first-order valence-electron chi connectivity index (χ1n) is 8.60. The van der Waals surface area contributed by atoms with Crippen LogP contribution in [0, 0.1) is 13.8 Å². The van der Waals surface area contributed by atoms with Crippen molar-refractivity contribution in [2.24, 2.45) is 0 Å². The van der Waals surface area contributed by atoms with Crippen LogP contribution in [0.1, 0.15) is 16.8 Å². The monoisotopic (exact) mass is 456 g/mol. The second-order valence-electron chi connectivity index (χ2n) is 6.66. The van der Waals surface area contributed by atoms with Crippen LogP contribution in [0.2, 0.25) is 5.02 Å². The van der Waals surface area contributed by atoms with Gasteiger partial charge in [0.1, 0.15) is 16.0 Å². The van der Waals surface area contributed by atoms with Crippen molar-refractivity contribution < 1.29 is 27.2 Å². The molecule has 0 spiro atoms. The van der Waals surface area contributed by atoms with Crippen molar-refractivity contribution in [3.05, 3.63) is 57.3 Å². The van der Waals surface area contributed by atoms with Crippen LogP contribution in [0.5, 0.6) is 0 Å². The minimum absolute atomic E-state index is 0.0304. The standard InChI is InChI=1S/C18H17ClN2O6S2/c1-10-5-3-4-6-12(10)7-13(22)16-18(14(8-28-16)25-9-26-18)29(23,24)21-17-15(19)11(2)20-27-17/h3-6,8,16,21H,7,9H2,1-2H3. The average Bonchev–Trinajstić information content (AvgIpc) is 3.34. The van der Waals surface area contributed by atoms with Gasteiger partial charge >= 0.3 is 0 Å². The lowest BCUT2D eigenvalue weighted by Crippen LogP contribution is -2.52. The molecule has 2 aliphatic rings. The van der Waals surface area contributed by atoms with Crippen LogP contribution < -0.4 is 4.72 Å². The van der Waals surface area contributed by atoms with E-state index >= 15 is 0 Å². The number of ether oxygens (including phenoxy) is 2. The number of halogens is 1. The summed E-state index contributed by atoms with van der Waals surface area (Å²) in [5.41, 5.74) is 2.09. The second-order valence-corrected chi connectivity index (χ2v) is 9.83. The zero-order valence-electron chi connectivity index (χ0n) is 15.5. The van der Waals surface area contributed by atoms with E-state index in [2.05, 4.69) is 9.88 Å². The number of aryl methyl sites for hydroxylation is 2. The average molecular weight is 457 g/mol. The minimum Gasteiger partial charge on any atom is -0.467 e. The Hall–Kier alpha value is -2.01. The molecule has 2 aliphatic heterocycles. The molecule has 8 nitrogen and oxygen atoms in total. The number of carbonyl (C=O) groups is 1. The molecule has 2 atom stereocenters. The summed E-state index contributed by atoms with van der Waals surface area (Å²) >= 11 is 7.10. The Balaban J connectivity index is 1.68. The number of fused-ring (bicyclic) bond motifs is 1. The molecule has 1 aromatic carbocycles. The van der Waals surface area contributed by atoms with Gasteiger partial charge in [0.25, 0.3) is 20.8 Å². The van der Waals surface area contributed by atoms with Gasteiger partial charge in [-0.25, -0.2) is 13.1 Å². The van der Waals surface area contributed by atoms with E-state index in [4.69, 9.17) is 25.6 Å².